The minimum atomic E-state index is 0.428. The molecule has 2 aliphatic rings. The molecule has 1 fully saturated rings. The second kappa shape index (κ2) is 4.56. The Morgan fingerprint density at radius 2 is 2.00 bits per heavy atom. The van der Waals surface area contributed by atoms with Crippen LogP contribution in [0, 0.1) is 16.7 Å². The van der Waals surface area contributed by atoms with Gasteiger partial charge < -0.3 is 5.32 Å². The van der Waals surface area contributed by atoms with E-state index in [0.717, 1.165) is 12.5 Å². The highest BCUT2D eigenvalue weighted by molar-refractivity contribution is 5.32. The van der Waals surface area contributed by atoms with Crippen LogP contribution in [-0.2, 0) is 6.42 Å². The Kier molecular flexibility index (Phi) is 3.20. The fourth-order valence-electron chi connectivity index (χ4n) is 4.67. The Labute approximate surface area is 123 Å². The molecule has 0 amide bonds. The Bertz CT molecular complexity index is 490. The van der Waals surface area contributed by atoms with E-state index < -0.39 is 0 Å². The van der Waals surface area contributed by atoms with Gasteiger partial charge in [0.25, 0.3) is 0 Å². The highest BCUT2D eigenvalue weighted by Gasteiger charge is 2.68. The Morgan fingerprint density at radius 1 is 1.30 bits per heavy atom. The lowest BCUT2D eigenvalue weighted by atomic mass is 9.89. The number of hydrogen-bond donors (Lipinski definition) is 1. The lowest BCUT2D eigenvalue weighted by Gasteiger charge is -2.27. The lowest BCUT2D eigenvalue weighted by Crippen LogP contribution is -2.38. The number of nitrogens with zero attached hydrogens (tertiary/aromatic N) is 1. The molecule has 2 aliphatic carbocycles. The summed E-state index contributed by atoms with van der Waals surface area (Å²) >= 11 is 0. The maximum atomic E-state index is 4.71. The van der Waals surface area contributed by atoms with Gasteiger partial charge >= 0.3 is 0 Å². The topological polar surface area (TPSA) is 24.9 Å². The molecule has 1 aromatic heterocycles. The highest BCUT2D eigenvalue weighted by atomic mass is 15.0. The molecule has 3 rings (SSSR count). The van der Waals surface area contributed by atoms with Gasteiger partial charge in [0.2, 0.25) is 0 Å². The molecule has 1 aromatic rings. The van der Waals surface area contributed by atoms with Crippen LogP contribution in [0.3, 0.4) is 0 Å². The summed E-state index contributed by atoms with van der Waals surface area (Å²) in [5.74, 6) is 1.34. The molecule has 1 saturated carbocycles. The van der Waals surface area contributed by atoms with Gasteiger partial charge in [0.15, 0.2) is 0 Å². The van der Waals surface area contributed by atoms with Crippen molar-refractivity contribution in [2.75, 3.05) is 6.54 Å². The van der Waals surface area contributed by atoms with Gasteiger partial charge in [-0.15, -0.1) is 0 Å². The zero-order valence-electron chi connectivity index (χ0n) is 13.5. The summed E-state index contributed by atoms with van der Waals surface area (Å²) in [6.45, 7) is 13.0. The van der Waals surface area contributed by atoms with Crippen LogP contribution < -0.4 is 5.32 Å². The average molecular weight is 272 g/mol. The van der Waals surface area contributed by atoms with E-state index in [1.807, 2.05) is 6.20 Å². The van der Waals surface area contributed by atoms with Crippen molar-refractivity contribution in [2.45, 2.75) is 59.4 Å². The zero-order valence-corrected chi connectivity index (χ0v) is 13.5. The van der Waals surface area contributed by atoms with Crippen molar-refractivity contribution >= 4 is 0 Å². The third-order valence-electron chi connectivity index (χ3n) is 6.37. The average Bonchev–Trinajstić information content (AvgIpc) is 2.74. The van der Waals surface area contributed by atoms with Crippen molar-refractivity contribution in [1.82, 2.24) is 10.3 Å². The predicted molar refractivity (Wildman–Crippen MR) is 83.8 cm³/mol. The van der Waals surface area contributed by atoms with Crippen molar-refractivity contribution in [3.05, 3.63) is 29.6 Å². The van der Waals surface area contributed by atoms with Crippen LogP contribution >= 0.6 is 0 Å². The molecule has 20 heavy (non-hydrogen) atoms. The second-order valence-corrected chi connectivity index (χ2v) is 7.70. The molecular formula is C18H28N2. The van der Waals surface area contributed by atoms with Gasteiger partial charge in [-0.25, -0.2) is 0 Å². The van der Waals surface area contributed by atoms with Crippen molar-refractivity contribution < 1.29 is 0 Å². The Morgan fingerprint density at radius 3 is 2.60 bits per heavy atom. The van der Waals surface area contributed by atoms with E-state index >= 15 is 0 Å². The van der Waals surface area contributed by atoms with E-state index in [-0.39, 0.29) is 0 Å². The van der Waals surface area contributed by atoms with Crippen molar-refractivity contribution in [2.24, 2.45) is 16.7 Å². The molecule has 0 spiro atoms. The number of hydrogen-bond acceptors (Lipinski definition) is 2. The van der Waals surface area contributed by atoms with Crippen LogP contribution in [0.15, 0.2) is 18.3 Å². The third-order valence-corrected chi connectivity index (χ3v) is 6.37. The summed E-state index contributed by atoms with van der Waals surface area (Å²) in [4.78, 5) is 4.71. The van der Waals surface area contributed by atoms with Crippen LogP contribution in [0.2, 0.25) is 0 Å². The molecular weight excluding hydrogens is 244 g/mol. The number of aryl methyl sites for hydroxylation is 1. The first kappa shape index (κ1) is 14.1. The van der Waals surface area contributed by atoms with Gasteiger partial charge in [-0.2, -0.15) is 0 Å². The maximum absolute atomic E-state index is 4.71. The molecule has 2 heteroatoms. The Balaban J connectivity index is 1.91. The number of rotatable bonds is 4. The normalized spacial score (nSPS) is 28.1. The van der Waals surface area contributed by atoms with Gasteiger partial charge in [0.1, 0.15) is 0 Å². The SMILES string of the molecule is CCNC(C1CCc2cccnc21)C1C(C)(C)C1(C)C. The van der Waals surface area contributed by atoms with E-state index in [1.165, 1.54) is 24.1 Å². The molecule has 1 N–H and O–H groups in total. The van der Waals surface area contributed by atoms with Crippen LogP contribution in [0.5, 0.6) is 0 Å². The maximum Gasteiger partial charge on any atom is 0.0482 e. The van der Waals surface area contributed by atoms with Gasteiger partial charge in [0.05, 0.1) is 0 Å². The van der Waals surface area contributed by atoms with E-state index in [9.17, 15) is 0 Å². The predicted octanol–water partition coefficient (Wildman–Crippen LogP) is 3.77. The van der Waals surface area contributed by atoms with Gasteiger partial charge in [-0.1, -0.05) is 40.7 Å². The minimum Gasteiger partial charge on any atom is -0.313 e. The second-order valence-electron chi connectivity index (χ2n) is 7.70. The summed E-state index contributed by atoms with van der Waals surface area (Å²) in [5.41, 5.74) is 3.68. The first-order valence-corrected chi connectivity index (χ1v) is 8.08. The summed E-state index contributed by atoms with van der Waals surface area (Å²) in [6, 6.07) is 4.91. The van der Waals surface area contributed by atoms with Crippen LogP contribution in [0.4, 0.5) is 0 Å². The van der Waals surface area contributed by atoms with Crippen molar-refractivity contribution in [3.8, 4) is 0 Å². The van der Waals surface area contributed by atoms with E-state index in [1.54, 1.807) is 0 Å². The zero-order chi connectivity index (χ0) is 14.5. The molecule has 2 unspecified atom stereocenters. The summed E-state index contributed by atoms with van der Waals surface area (Å²) in [7, 11) is 0. The standard InChI is InChI=1S/C18H28N2/c1-6-19-15(16-17(2,3)18(16,4)5)13-10-9-12-8-7-11-20-14(12)13/h7-8,11,13,15-16,19H,6,9-10H2,1-5H3. The first-order chi connectivity index (χ1) is 9.41. The summed E-state index contributed by atoms with van der Waals surface area (Å²) in [6.07, 6.45) is 4.42. The molecule has 0 aliphatic heterocycles. The van der Waals surface area contributed by atoms with Crippen LogP contribution in [0.25, 0.3) is 0 Å². The quantitative estimate of drug-likeness (QED) is 0.902. The first-order valence-electron chi connectivity index (χ1n) is 8.08. The molecule has 110 valence electrons. The molecule has 0 saturated heterocycles. The smallest absolute Gasteiger partial charge is 0.0482 e. The summed E-state index contributed by atoms with van der Waals surface area (Å²) in [5, 5.41) is 3.80. The van der Waals surface area contributed by atoms with Crippen LogP contribution in [0.1, 0.15) is 58.2 Å². The number of nitrogens with one attached hydrogen (secondary N) is 1. The highest BCUT2D eigenvalue weighted by Crippen LogP contribution is 2.71. The minimum absolute atomic E-state index is 0.428. The number of fused-ring (bicyclic) bond motifs is 1. The van der Waals surface area contributed by atoms with Crippen LogP contribution in [-0.4, -0.2) is 17.6 Å². The lowest BCUT2D eigenvalue weighted by molar-refractivity contribution is 0.342. The van der Waals surface area contributed by atoms with Crippen molar-refractivity contribution in [3.63, 3.8) is 0 Å². The molecule has 0 bridgehead atoms. The van der Waals surface area contributed by atoms with Gasteiger partial charge in [-0.05, 0) is 47.8 Å². The Hall–Kier alpha value is -0.890. The molecule has 1 heterocycles. The number of aromatic nitrogens is 1. The molecule has 2 atom stereocenters. The fraction of sp³-hybridized carbons (Fsp3) is 0.722. The fourth-order valence-corrected chi connectivity index (χ4v) is 4.67. The molecule has 0 aromatic carbocycles. The molecule has 0 radical (unpaired) electrons. The van der Waals surface area contributed by atoms with E-state index in [2.05, 4.69) is 52.1 Å². The monoisotopic (exact) mass is 272 g/mol. The summed E-state index contributed by atoms with van der Waals surface area (Å²) < 4.78 is 0. The third kappa shape index (κ3) is 1.84. The van der Waals surface area contributed by atoms with E-state index in [4.69, 9.17) is 4.98 Å². The number of pyridine rings is 1. The van der Waals surface area contributed by atoms with Crippen molar-refractivity contribution in [1.29, 1.82) is 0 Å². The molecule has 2 nitrogen and oxygen atoms in total. The van der Waals surface area contributed by atoms with Gasteiger partial charge in [0, 0.05) is 23.9 Å². The van der Waals surface area contributed by atoms with Gasteiger partial charge in [-0.3, -0.25) is 4.98 Å². The van der Waals surface area contributed by atoms with E-state index in [0.29, 0.717) is 22.8 Å². The largest absolute Gasteiger partial charge is 0.313 e. The number of likely N-dealkylation sites (N-methyl/N-ethyl adjacent to an activating group) is 1.